The van der Waals surface area contributed by atoms with Crippen LogP contribution in [0, 0.1) is 5.82 Å². The first kappa shape index (κ1) is 20.1. The molecule has 2 N–H and O–H groups in total. The van der Waals surface area contributed by atoms with E-state index in [1.165, 1.54) is 36.4 Å². The number of hydrogen-bond donors (Lipinski definition) is 2. The average Bonchev–Trinajstić information content (AvgIpc) is 3.21. The normalized spacial score (nSPS) is 23.9. The third-order valence-electron chi connectivity index (χ3n) is 4.81. The van der Waals surface area contributed by atoms with Crippen LogP contribution in [0.3, 0.4) is 0 Å². The lowest BCUT2D eigenvalue weighted by Crippen LogP contribution is -2.41. The topological polar surface area (TPSA) is 58.6 Å². The first-order valence-electron chi connectivity index (χ1n) is 8.75. The molecule has 1 aliphatic carbocycles. The van der Waals surface area contributed by atoms with Crippen LogP contribution in [0.4, 0.5) is 17.6 Å². The van der Waals surface area contributed by atoms with E-state index in [1.54, 1.807) is 0 Å². The summed E-state index contributed by atoms with van der Waals surface area (Å²) in [7, 11) is 0. The molecule has 0 spiro atoms. The van der Waals surface area contributed by atoms with Crippen molar-refractivity contribution in [3.05, 3.63) is 65.5 Å². The van der Waals surface area contributed by atoms with Gasteiger partial charge in [-0.15, -0.1) is 13.2 Å². The Morgan fingerprint density at radius 1 is 1.18 bits per heavy atom. The van der Waals surface area contributed by atoms with Crippen molar-refractivity contribution in [1.29, 1.82) is 0 Å². The van der Waals surface area contributed by atoms with Crippen molar-refractivity contribution in [3.8, 4) is 5.75 Å². The number of benzene rings is 2. The molecule has 0 unspecified atom stereocenters. The molecular weight excluding hydrogens is 378 g/mol. The molecule has 1 aliphatic rings. The molecule has 0 heterocycles. The molecule has 2 atom stereocenters. The van der Waals surface area contributed by atoms with Crippen LogP contribution in [0.2, 0.25) is 0 Å². The molecular formula is C20H19F4NO3. The van der Waals surface area contributed by atoms with E-state index in [1.807, 2.05) is 6.92 Å². The number of rotatable bonds is 6. The summed E-state index contributed by atoms with van der Waals surface area (Å²) in [5, 5.41) is 14.0. The second-order valence-corrected chi connectivity index (χ2v) is 6.82. The Labute approximate surface area is 159 Å². The molecule has 0 bridgehead atoms. The summed E-state index contributed by atoms with van der Waals surface area (Å²) in [5.41, 5.74) is -2.29. The molecule has 28 heavy (non-hydrogen) atoms. The Hall–Kier alpha value is -2.61. The Balaban J connectivity index is 2.01. The van der Waals surface area contributed by atoms with Crippen LogP contribution in [-0.2, 0) is 15.9 Å². The molecule has 0 saturated heterocycles. The van der Waals surface area contributed by atoms with E-state index in [0.717, 1.165) is 12.1 Å². The first-order valence-corrected chi connectivity index (χ1v) is 8.75. The fourth-order valence-electron chi connectivity index (χ4n) is 3.46. The standard InChI is InChI=1S/C20H19F4NO3/c1-2-4-17(26)25-18(12-19(18,27)13-7-9-15(21)10-8-13)14-5-3-6-16(11-14)28-20(22,23)24/h3,5-11,27H,2,4,12H2,1H3,(H,25,26)/t18-,19-/m1/s1. The molecule has 0 radical (unpaired) electrons. The van der Waals surface area contributed by atoms with Gasteiger partial charge in [-0.3, -0.25) is 4.79 Å². The van der Waals surface area contributed by atoms with Gasteiger partial charge in [-0.1, -0.05) is 31.2 Å². The van der Waals surface area contributed by atoms with Gasteiger partial charge in [0.2, 0.25) is 5.91 Å². The van der Waals surface area contributed by atoms with Crippen molar-refractivity contribution in [1.82, 2.24) is 5.32 Å². The number of aliphatic hydroxyl groups is 1. The summed E-state index contributed by atoms with van der Waals surface area (Å²) in [4.78, 5) is 12.3. The van der Waals surface area contributed by atoms with Crippen LogP contribution < -0.4 is 10.1 Å². The van der Waals surface area contributed by atoms with Crippen molar-refractivity contribution >= 4 is 5.91 Å². The quantitative estimate of drug-likeness (QED) is 0.721. The third kappa shape index (κ3) is 3.82. The monoisotopic (exact) mass is 397 g/mol. The highest BCUT2D eigenvalue weighted by molar-refractivity contribution is 5.78. The van der Waals surface area contributed by atoms with E-state index in [0.29, 0.717) is 12.0 Å². The average molecular weight is 397 g/mol. The summed E-state index contributed by atoms with van der Waals surface area (Å²) < 4.78 is 54.9. The summed E-state index contributed by atoms with van der Waals surface area (Å²) in [6, 6.07) is 10.3. The van der Waals surface area contributed by atoms with E-state index >= 15 is 0 Å². The number of amides is 1. The Bertz CT molecular complexity index is 868. The molecule has 1 amide bonds. The molecule has 1 saturated carbocycles. The lowest BCUT2D eigenvalue weighted by molar-refractivity contribution is -0.274. The highest BCUT2D eigenvalue weighted by Gasteiger charge is 2.69. The zero-order valence-corrected chi connectivity index (χ0v) is 15.0. The summed E-state index contributed by atoms with van der Waals surface area (Å²) in [6.07, 6.45) is -4.07. The third-order valence-corrected chi connectivity index (χ3v) is 4.81. The Morgan fingerprint density at radius 3 is 2.46 bits per heavy atom. The number of halogens is 4. The molecule has 2 aromatic carbocycles. The minimum Gasteiger partial charge on any atom is -0.406 e. The minimum atomic E-state index is -4.87. The lowest BCUT2D eigenvalue weighted by atomic mass is 9.95. The summed E-state index contributed by atoms with van der Waals surface area (Å²) in [5.74, 6) is -1.29. The number of hydrogen-bond acceptors (Lipinski definition) is 3. The SMILES string of the molecule is CCCC(=O)N[C@@]1(c2cccc(OC(F)(F)F)c2)C[C@@]1(O)c1ccc(F)cc1. The van der Waals surface area contributed by atoms with Gasteiger partial charge in [0.25, 0.3) is 0 Å². The van der Waals surface area contributed by atoms with Gasteiger partial charge >= 0.3 is 6.36 Å². The Kier molecular flexibility index (Phi) is 5.10. The summed E-state index contributed by atoms with van der Waals surface area (Å²) >= 11 is 0. The first-order chi connectivity index (χ1) is 13.1. The van der Waals surface area contributed by atoms with Gasteiger partial charge in [-0.2, -0.15) is 0 Å². The maximum absolute atomic E-state index is 13.3. The molecule has 150 valence electrons. The molecule has 0 aromatic heterocycles. The fourth-order valence-corrected chi connectivity index (χ4v) is 3.46. The van der Waals surface area contributed by atoms with Gasteiger partial charge in [0.15, 0.2) is 0 Å². The molecule has 3 rings (SSSR count). The second-order valence-electron chi connectivity index (χ2n) is 6.82. The molecule has 1 fully saturated rings. The van der Waals surface area contributed by atoms with Crippen molar-refractivity contribution in [2.75, 3.05) is 0 Å². The van der Waals surface area contributed by atoms with Crippen LogP contribution in [-0.4, -0.2) is 17.4 Å². The van der Waals surface area contributed by atoms with Crippen LogP contribution in [0.15, 0.2) is 48.5 Å². The molecule has 2 aromatic rings. The predicted molar refractivity (Wildman–Crippen MR) is 92.8 cm³/mol. The predicted octanol–water partition coefficient (Wildman–Crippen LogP) is 4.13. The van der Waals surface area contributed by atoms with Gasteiger partial charge in [-0.05, 0) is 41.8 Å². The van der Waals surface area contributed by atoms with Gasteiger partial charge in [-0.25, -0.2) is 4.39 Å². The number of alkyl halides is 3. The number of carbonyl (C=O) groups is 1. The van der Waals surface area contributed by atoms with Gasteiger partial charge in [0.1, 0.15) is 22.7 Å². The smallest absolute Gasteiger partial charge is 0.406 e. The van der Waals surface area contributed by atoms with Crippen molar-refractivity contribution in [2.45, 2.75) is 43.7 Å². The van der Waals surface area contributed by atoms with E-state index in [2.05, 4.69) is 10.1 Å². The second kappa shape index (κ2) is 7.09. The lowest BCUT2D eigenvalue weighted by Gasteiger charge is -2.25. The molecule has 0 aliphatic heterocycles. The largest absolute Gasteiger partial charge is 0.573 e. The van der Waals surface area contributed by atoms with E-state index in [9.17, 15) is 27.5 Å². The van der Waals surface area contributed by atoms with Gasteiger partial charge < -0.3 is 15.2 Å². The van der Waals surface area contributed by atoms with Crippen LogP contribution >= 0.6 is 0 Å². The minimum absolute atomic E-state index is 0.0383. The van der Waals surface area contributed by atoms with E-state index < -0.39 is 29.1 Å². The maximum atomic E-state index is 13.3. The molecule has 8 heteroatoms. The van der Waals surface area contributed by atoms with E-state index in [4.69, 9.17) is 0 Å². The highest BCUT2D eigenvalue weighted by Crippen LogP contribution is 2.62. The zero-order chi connectivity index (χ0) is 20.6. The van der Waals surface area contributed by atoms with Crippen molar-refractivity contribution in [2.24, 2.45) is 0 Å². The maximum Gasteiger partial charge on any atom is 0.573 e. The number of carbonyl (C=O) groups excluding carboxylic acids is 1. The zero-order valence-electron chi connectivity index (χ0n) is 15.0. The van der Waals surface area contributed by atoms with Crippen molar-refractivity contribution < 1.29 is 32.2 Å². The van der Waals surface area contributed by atoms with Crippen LogP contribution in [0.5, 0.6) is 5.75 Å². The number of ether oxygens (including phenoxy) is 1. The van der Waals surface area contributed by atoms with Crippen molar-refractivity contribution in [3.63, 3.8) is 0 Å². The van der Waals surface area contributed by atoms with Gasteiger partial charge in [0, 0.05) is 12.8 Å². The number of nitrogens with one attached hydrogen (secondary N) is 1. The van der Waals surface area contributed by atoms with Gasteiger partial charge in [0.05, 0.1) is 0 Å². The Morgan fingerprint density at radius 2 is 1.86 bits per heavy atom. The van der Waals surface area contributed by atoms with Crippen LogP contribution in [0.1, 0.15) is 37.3 Å². The highest BCUT2D eigenvalue weighted by atomic mass is 19.4. The van der Waals surface area contributed by atoms with E-state index in [-0.39, 0.29) is 24.3 Å². The van der Waals surface area contributed by atoms with Crippen LogP contribution in [0.25, 0.3) is 0 Å². The molecule has 4 nitrogen and oxygen atoms in total. The summed E-state index contributed by atoms with van der Waals surface area (Å²) in [6.45, 7) is 1.81. The fraction of sp³-hybridized carbons (Fsp3) is 0.350.